The number of halogens is 6. The van der Waals surface area contributed by atoms with Crippen molar-refractivity contribution >= 4 is 23.7 Å². The summed E-state index contributed by atoms with van der Waals surface area (Å²) in [6.45, 7) is 0. The summed E-state index contributed by atoms with van der Waals surface area (Å²) in [7, 11) is 0. The van der Waals surface area contributed by atoms with Gasteiger partial charge in [-0.1, -0.05) is 11.6 Å². The highest BCUT2D eigenvalue weighted by molar-refractivity contribution is 6.30. The summed E-state index contributed by atoms with van der Waals surface area (Å²) in [4.78, 5) is 11.6. The van der Waals surface area contributed by atoms with Crippen LogP contribution >= 0.6 is 11.6 Å². The molecule has 0 atom stereocenters. The van der Waals surface area contributed by atoms with Gasteiger partial charge in [0.25, 0.3) is 5.91 Å². The van der Waals surface area contributed by atoms with E-state index in [1.54, 1.807) is 0 Å². The first-order valence-corrected chi connectivity index (χ1v) is 6.31. The number of nitrogens with one attached hydrogen (secondary N) is 1. The number of hydrogen-bond donors (Lipinski definition) is 1. The summed E-state index contributed by atoms with van der Waals surface area (Å²) >= 11 is 5.63. The third-order valence-corrected chi connectivity index (χ3v) is 2.96. The Morgan fingerprint density at radius 2 is 1.39 bits per heavy atom. The minimum absolute atomic E-state index is 0.129. The molecule has 3 nitrogen and oxygen atoms in total. The first-order chi connectivity index (χ1) is 10.8. The van der Waals surface area contributed by atoms with E-state index in [1.807, 2.05) is 5.43 Å². The molecule has 0 aliphatic rings. The SMILES string of the molecule is O=C(N/N=C\c1c(F)c(F)c(F)c(F)c1F)c1ccc(Cl)cc1. The largest absolute Gasteiger partial charge is 0.271 e. The van der Waals surface area contributed by atoms with Gasteiger partial charge in [0, 0.05) is 10.6 Å². The molecule has 0 saturated heterocycles. The van der Waals surface area contributed by atoms with Crippen LogP contribution in [0, 0.1) is 29.1 Å². The van der Waals surface area contributed by atoms with Crippen LogP contribution in [0.1, 0.15) is 15.9 Å². The second-order valence-electron chi connectivity index (χ2n) is 4.19. The van der Waals surface area contributed by atoms with Crippen molar-refractivity contribution in [3.05, 3.63) is 69.5 Å². The van der Waals surface area contributed by atoms with Crippen LogP contribution in [0.15, 0.2) is 29.4 Å². The number of benzene rings is 2. The lowest BCUT2D eigenvalue weighted by atomic mass is 10.2. The Balaban J connectivity index is 2.21. The third kappa shape index (κ3) is 3.48. The minimum atomic E-state index is -2.28. The predicted octanol–water partition coefficient (Wildman–Crippen LogP) is 3.80. The van der Waals surface area contributed by atoms with Crippen molar-refractivity contribution in [3.63, 3.8) is 0 Å². The van der Waals surface area contributed by atoms with Gasteiger partial charge in [-0.3, -0.25) is 4.79 Å². The molecule has 0 bridgehead atoms. The summed E-state index contributed by atoms with van der Waals surface area (Å²) in [6.07, 6.45) is 0.323. The Morgan fingerprint density at radius 3 is 1.91 bits per heavy atom. The maximum absolute atomic E-state index is 13.4. The monoisotopic (exact) mass is 348 g/mol. The summed E-state index contributed by atoms with van der Waals surface area (Å²) in [5.74, 6) is -11.3. The molecule has 0 heterocycles. The van der Waals surface area contributed by atoms with Crippen molar-refractivity contribution in [2.45, 2.75) is 0 Å². The molecule has 0 aliphatic carbocycles. The van der Waals surface area contributed by atoms with Gasteiger partial charge in [0.15, 0.2) is 23.3 Å². The van der Waals surface area contributed by atoms with Crippen LogP contribution in [0.5, 0.6) is 0 Å². The molecule has 0 aliphatic heterocycles. The van der Waals surface area contributed by atoms with Crippen molar-refractivity contribution in [2.75, 3.05) is 0 Å². The molecular formula is C14H6ClF5N2O. The molecule has 0 aromatic heterocycles. The fourth-order valence-electron chi connectivity index (χ4n) is 1.56. The molecule has 0 saturated carbocycles. The zero-order valence-electron chi connectivity index (χ0n) is 11.0. The first kappa shape index (κ1) is 16.9. The molecular weight excluding hydrogens is 343 g/mol. The number of hydrogen-bond acceptors (Lipinski definition) is 2. The number of hydrazone groups is 1. The first-order valence-electron chi connectivity index (χ1n) is 5.93. The third-order valence-electron chi connectivity index (χ3n) is 2.71. The van der Waals surface area contributed by atoms with Crippen molar-refractivity contribution in [2.24, 2.45) is 5.10 Å². The lowest BCUT2D eigenvalue weighted by Gasteiger charge is -2.04. The quantitative estimate of drug-likeness (QED) is 0.296. The van der Waals surface area contributed by atoms with E-state index in [0.717, 1.165) is 0 Å². The highest BCUT2D eigenvalue weighted by atomic mass is 35.5. The van der Waals surface area contributed by atoms with E-state index in [9.17, 15) is 26.7 Å². The van der Waals surface area contributed by atoms with E-state index in [1.165, 1.54) is 24.3 Å². The van der Waals surface area contributed by atoms with Crippen molar-refractivity contribution < 1.29 is 26.7 Å². The molecule has 9 heteroatoms. The van der Waals surface area contributed by atoms with Crippen LogP contribution < -0.4 is 5.43 Å². The van der Waals surface area contributed by atoms with Crippen LogP contribution in [0.25, 0.3) is 0 Å². The van der Waals surface area contributed by atoms with Gasteiger partial charge in [0.05, 0.1) is 11.8 Å². The topological polar surface area (TPSA) is 41.5 Å². The average molecular weight is 349 g/mol. The second-order valence-corrected chi connectivity index (χ2v) is 4.63. The molecule has 2 rings (SSSR count). The number of carbonyl (C=O) groups is 1. The second kappa shape index (κ2) is 6.74. The molecule has 0 spiro atoms. The van der Waals surface area contributed by atoms with Crippen LogP contribution in [0.2, 0.25) is 5.02 Å². The maximum atomic E-state index is 13.4. The molecule has 0 radical (unpaired) electrons. The van der Waals surface area contributed by atoms with E-state index in [-0.39, 0.29) is 5.56 Å². The van der Waals surface area contributed by atoms with E-state index in [0.29, 0.717) is 11.2 Å². The Hall–Kier alpha value is -2.48. The van der Waals surface area contributed by atoms with Gasteiger partial charge < -0.3 is 0 Å². The standard InChI is InChI=1S/C14H6ClF5N2O/c15-7-3-1-6(2-4-7)14(23)22-21-5-8-9(16)11(18)13(20)12(19)10(8)17/h1-5H,(H,22,23)/b21-5-. The highest BCUT2D eigenvalue weighted by Gasteiger charge is 2.24. The molecule has 23 heavy (non-hydrogen) atoms. The molecule has 2 aromatic carbocycles. The van der Waals surface area contributed by atoms with Crippen molar-refractivity contribution in [1.82, 2.24) is 5.43 Å². The summed E-state index contributed by atoms with van der Waals surface area (Å²) in [5, 5.41) is 3.56. The molecule has 0 fully saturated rings. The van der Waals surface area contributed by atoms with Crippen LogP contribution in [0.3, 0.4) is 0 Å². The average Bonchev–Trinajstić information content (AvgIpc) is 2.54. The van der Waals surface area contributed by atoms with E-state index in [2.05, 4.69) is 5.10 Å². The normalized spacial score (nSPS) is 11.0. The summed E-state index contributed by atoms with van der Waals surface area (Å²) in [5.41, 5.74) is 0.753. The Labute approximate surface area is 131 Å². The number of carbonyl (C=O) groups excluding carboxylic acids is 1. The lowest BCUT2D eigenvalue weighted by molar-refractivity contribution is 0.0955. The van der Waals surface area contributed by atoms with Crippen LogP contribution in [-0.4, -0.2) is 12.1 Å². The van der Waals surface area contributed by atoms with E-state index < -0.39 is 40.6 Å². The van der Waals surface area contributed by atoms with Gasteiger partial charge in [-0.25, -0.2) is 27.4 Å². The fourth-order valence-corrected chi connectivity index (χ4v) is 1.68. The van der Waals surface area contributed by atoms with Crippen LogP contribution in [0.4, 0.5) is 22.0 Å². The van der Waals surface area contributed by atoms with Crippen molar-refractivity contribution in [3.8, 4) is 0 Å². The number of nitrogens with zero attached hydrogens (tertiary/aromatic N) is 1. The summed E-state index contributed by atoms with van der Waals surface area (Å²) in [6, 6.07) is 5.55. The van der Waals surface area contributed by atoms with Gasteiger partial charge in [-0.05, 0) is 24.3 Å². The minimum Gasteiger partial charge on any atom is -0.267 e. The highest BCUT2D eigenvalue weighted by Crippen LogP contribution is 2.21. The molecule has 0 unspecified atom stereocenters. The zero-order chi connectivity index (χ0) is 17.1. The lowest BCUT2D eigenvalue weighted by Crippen LogP contribution is -2.18. The van der Waals surface area contributed by atoms with Gasteiger partial charge >= 0.3 is 0 Å². The van der Waals surface area contributed by atoms with Gasteiger partial charge in [0.2, 0.25) is 5.82 Å². The Bertz CT molecular complexity index is 764. The van der Waals surface area contributed by atoms with Gasteiger partial charge in [-0.2, -0.15) is 5.10 Å². The molecule has 1 N–H and O–H groups in total. The number of rotatable bonds is 3. The van der Waals surface area contributed by atoms with Gasteiger partial charge in [-0.15, -0.1) is 0 Å². The molecule has 1 amide bonds. The fraction of sp³-hybridized carbons (Fsp3) is 0. The van der Waals surface area contributed by atoms with E-state index in [4.69, 9.17) is 11.6 Å². The van der Waals surface area contributed by atoms with Crippen molar-refractivity contribution in [1.29, 1.82) is 0 Å². The number of amides is 1. The van der Waals surface area contributed by atoms with E-state index >= 15 is 0 Å². The molecule has 2 aromatic rings. The predicted molar refractivity (Wildman–Crippen MR) is 72.7 cm³/mol. The Morgan fingerprint density at radius 1 is 0.913 bits per heavy atom. The Kier molecular flexibility index (Phi) is 4.95. The zero-order valence-corrected chi connectivity index (χ0v) is 11.8. The maximum Gasteiger partial charge on any atom is 0.271 e. The van der Waals surface area contributed by atoms with Gasteiger partial charge in [0.1, 0.15) is 0 Å². The van der Waals surface area contributed by atoms with Crippen LogP contribution in [-0.2, 0) is 0 Å². The summed E-state index contributed by atoms with van der Waals surface area (Å²) < 4.78 is 65.5. The smallest absolute Gasteiger partial charge is 0.267 e. The molecule has 120 valence electrons.